The van der Waals surface area contributed by atoms with Crippen LogP contribution in [0.25, 0.3) is 11.3 Å². The highest BCUT2D eigenvalue weighted by molar-refractivity contribution is 8.16. The second kappa shape index (κ2) is 8.91. The first kappa shape index (κ1) is 21.1. The zero-order chi connectivity index (χ0) is 22.0. The minimum Gasteiger partial charge on any atom is -0.497 e. The Labute approximate surface area is 187 Å². The van der Waals surface area contributed by atoms with Crippen LogP contribution >= 0.6 is 23.1 Å². The Morgan fingerprint density at radius 2 is 1.97 bits per heavy atom. The molecule has 1 aliphatic rings. The van der Waals surface area contributed by atoms with Gasteiger partial charge in [-0.25, -0.2) is 14.9 Å². The molecule has 9 heteroatoms. The standard InChI is InChI=1S/C22H19N3O4S2/c1-13-5-3-4-6-16(13)23-22-25(20(28)18(31-22)11-19(26)27)21-24-17(12-30-21)14-7-9-15(29-2)10-8-14/h3-10,12,18H,11H2,1-2H3,(H,26,27)/t18-/m0/s1. The number of ether oxygens (including phenoxy) is 1. The largest absolute Gasteiger partial charge is 0.497 e. The van der Waals surface area contributed by atoms with Crippen LogP contribution < -0.4 is 9.64 Å². The van der Waals surface area contributed by atoms with E-state index in [-0.39, 0.29) is 12.3 Å². The predicted octanol–water partition coefficient (Wildman–Crippen LogP) is 4.74. The van der Waals surface area contributed by atoms with Crippen LogP contribution in [-0.2, 0) is 9.59 Å². The number of anilines is 1. The molecule has 0 aliphatic carbocycles. The third-order valence-corrected chi connectivity index (χ3v) is 6.66. The number of carboxylic acid groups (broad SMARTS) is 1. The lowest BCUT2D eigenvalue weighted by Crippen LogP contribution is -2.32. The highest BCUT2D eigenvalue weighted by Gasteiger charge is 2.41. The summed E-state index contributed by atoms with van der Waals surface area (Å²) >= 11 is 2.48. The molecule has 1 aromatic heterocycles. The summed E-state index contributed by atoms with van der Waals surface area (Å²) in [6.07, 6.45) is -0.274. The van der Waals surface area contributed by atoms with E-state index in [1.165, 1.54) is 16.2 Å². The SMILES string of the molecule is COc1ccc(-c2csc(N3C(=O)[C@H](CC(=O)O)SC3=Nc3ccccc3C)n2)cc1. The first-order valence-electron chi connectivity index (χ1n) is 9.43. The number of benzene rings is 2. The number of nitrogens with zero attached hydrogens (tertiary/aromatic N) is 3. The fraction of sp³-hybridized carbons (Fsp3) is 0.182. The Morgan fingerprint density at radius 3 is 2.65 bits per heavy atom. The monoisotopic (exact) mass is 453 g/mol. The van der Waals surface area contributed by atoms with Crippen LogP contribution in [0.2, 0.25) is 0 Å². The summed E-state index contributed by atoms with van der Waals surface area (Å²) in [4.78, 5) is 35.1. The van der Waals surface area contributed by atoms with Gasteiger partial charge in [0.2, 0.25) is 5.91 Å². The molecule has 0 spiro atoms. The molecule has 0 saturated carbocycles. The van der Waals surface area contributed by atoms with Gasteiger partial charge in [-0.05, 0) is 42.8 Å². The van der Waals surface area contributed by atoms with Gasteiger partial charge in [-0.2, -0.15) is 0 Å². The number of thioether (sulfide) groups is 1. The van der Waals surface area contributed by atoms with E-state index in [4.69, 9.17) is 4.74 Å². The van der Waals surface area contributed by atoms with E-state index in [1.807, 2.05) is 60.8 Å². The molecule has 1 amide bonds. The fourth-order valence-corrected chi connectivity index (χ4v) is 5.08. The van der Waals surface area contributed by atoms with Gasteiger partial charge >= 0.3 is 5.97 Å². The van der Waals surface area contributed by atoms with Crippen molar-refractivity contribution in [2.75, 3.05) is 12.0 Å². The second-order valence-corrected chi connectivity index (χ2v) is 8.81. The van der Waals surface area contributed by atoms with Crippen molar-refractivity contribution in [1.29, 1.82) is 0 Å². The highest BCUT2D eigenvalue weighted by Crippen LogP contribution is 2.38. The van der Waals surface area contributed by atoms with Crippen LogP contribution in [0.15, 0.2) is 58.9 Å². The van der Waals surface area contributed by atoms with Crippen molar-refractivity contribution in [2.24, 2.45) is 4.99 Å². The van der Waals surface area contributed by atoms with Crippen LogP contribution in [-0.4, -0.2) is 39.5 Å². The summed E-state index contributed by atoms with van der Waals surface area (Å²) in [6, 6.07) is 15.1. The molecule has 1 N–H and O–H groups in total. The quantitative estimate of drug-likeness (QED) is 0.580. The molecule has 1 atom stereocenters. The molecule has 1 aliphatic heterocycles. The third-order valence-electron chi connectivity index (χ3n) is 4.70. The van der Waals surface area contributed by atoms with Crippen LogP contribution in [0.5, 0.6) is 5.75 Å². The second-order valence-electron chi connectivity index (χ2n) is 6.80. The van der Waals surface area contributed by atoms with Crippen LogP contribution in [0.1, 0.15) is 12.0 Å². The van der Waals surface area contributed by atoms with Gasteiger partial charge in [-0.1, -0.05) is 30.0 Å². The lowest BCUT2D eigenvalue weighted by atomic mass is 10.2. The van der Waals surface area contributed by atoms with Crippen LogP contribution in [0.4, 0.5) is 10.8 Å². The Balaban J connectivity index is 1.71. The molecule has 0 radical (unpaired) electrons. The molecule has 2 heterocycles. The number of amidine groups is 1. The molecule has 31 heavy (non-hydrogen) atoms. The van der Waals surface area contributed by atoms with Gasteiger partial charge in [0, 0.05) is 10.9 Å². The molecular weight excluding hydrogens is 434 g/mol. The van der Waals surface area contributed by atoms with Crippen molar-refractivity contribution < 1.29 is 19.4 Å². The number of carboxylic acids is 1. The Morgan fingerprint density at radius 1 is 1.23 bits per heavy atom. The Hall–Kier alpha value is -3.17. The van der Waals surface area contributed by atoms with Crippen molar-refractivity contribution >= 4 is 51.0 Å². The first-order chi connectivity index (χ1) is 15.0. The number of thiazole rings is 1. The summed E-state index contributed by atoms with van der Waals surface area (Å²) in [5.41, 5.74) is 3.30. The molecule has 1 fully saturated rings. The number of hydrogen-bond acceptors (Lipinski definition) is 7. The van der Waals surface area contributed by atoms with Crippen molar-refractivity contribution in [3.05, 3.63) is 59.5 Å². The number of hydrogen-bond donors (Lipinski definition) is 1. The zero-order valence-corrected chi connectivity index (χ0v) is 18.4. The van der Waals surface area contributed by atoms with Gasteiger partial charge in [0.1, 0.15) is 11.0 Å². The van der Waals surface area contributed by atoms with Gasteiger partial charge < -0.3 is 9.84 Å². The average molecular weight is 454 g/mol. The number of rotatable bonds is 6. The minimum absolute atomic E-state index is 0.274. The van der Waals surface area contributed by atoms with E-state index in [0.29, 0.717) is 10.3 Å². The number of amides is 1. The molecule has 4 rings (SSSR count). The Bertz CT molecular complexity index is 1160. The maximum atomic E-state index is 13.1. The summed E-state index contributed by atoms with van der Waals surface area (Å²) in [5, 5.41) is 11.2. The zero-order valence-electron chi connectivity index (χ0n) is 16.8. The first-order valence-corrected chi connectivity index (χ1v) is 11.2. The average Bonchev–Trinajstić information content (AvgIpc) is 3.34. The number of aliphatic imine (C=N–C) groups is 1. The van der Waals surface area contributed by atoms with E-state index in [1.54, 1.807) is 7.11 Å². The molecule has 0 bridgehead atoms. The van der Waals surface area contributed by atoms with Crippen molar-refractivity contribution in [3.63, 3.8) is 0 Å². The van der Waals surface area contributed by atoms with E-state index < -0.39 is 11.2 Å². The lowest BCUT2D eigenvalue weighted by molar-refractivity contribution is -0.138. The fourth-order valence-electron chi connectivity index (χ4n) is 3.06. The summed E-state index contributed by atoms with van der Waals surface area (Å²) < 4.78 is 5.19. The number of aryl methyl sites for hydroxylation is 1. The highest BCUT2D eigenvalue weighted by atomic mass is 32.2. The third kappa shape index (κ3) is 4.47. The van der Waals surface area contributed by atoms with Gasteiger partial charge in [0.15, 0.2) is 10.3 Å². The van der Waals surface area contributed by atoms with E-state index in [2.05, 4.69) is 9.98 Å². The van der Waals surface area contributed by atoms with Gasteiger partial charge in [0.25, 0.3) is 0 Å². The normalized spacial score (nSPS) is 17.4. The number of aliphatic carboxylic acids is 1. The molecule has 3 aromatic rings. The number of carbonyl (C=O) groups is 2. The van der Waals surface area contributed by atoms with Gasteiger partial charge in [-0.15, -0.1) is 11.3 Å². The van der Waals surface area contributed by atoms with Crippen LogP contribution in [0, 0.1) is 6.92 Å². The summed E-state index contributed by atoms with van der Waals surface area (Å²) in [7, 11) is 1.61. The molecular formula is C22H19N3O4S2. The number of methoxy groups -OCH3 is 1. The number of aromatic nitrogens is 1. The number of carbonyl (C=O) groups excluding carboxylic acids is 1. The number of para-hydroxylation sites is 1. The van der Waals surface area contributed by atoms with E-state index in [0.717, 1.165) is 40.0 Å². The lowest BCUT2D eigenvalue weighted by Gasteiger charge is -2.13. The van der Waals surface area contributed by atoms with E-state index in [9.17, 15) is 14.7 Å². The van der Waals surface area contributed by atoms with Gasteiger partial charge in [-0.3, -0.25) is 9.59 Å². The smallest absolute Gasteiger partial charge is 0.305 e. The van der Waals surface area contributed by atoms with Crippen molar-refractivity contribution in [2.45, 2.75) is 18.6 Å². The summed E-state index contributed by atoms with van der Waals surface area (Å²) in [6.45, 7) is 1.94. The Kier molecular flexibility index (Phi) is 6.06. The molecule has 158 valence electrons. The van der Waals surface area contributed by atoms with E-state index >= 15 is 0 Å². The molecule has 0 unspecified atom stereocenters. The molecule has 2 aromatic carbocycles. The topological polar surface area (TPSA) is 92.1 Å². The predicted molar refractivity (Wildman–Crippen MR) is 123 cm³/mol. The van der Waals surface area contributed by atoms with Crippen molar-refractivity contribution in [1.82, 2.24) is 4.98 Å². The molecule has 7 nitrogen and oxygen atoms in total. The summed E-state index contributed by atoms with van der Waals surface area (Å²) in [5.74, 6) is -0.606. The van der Waals surface area contributed by atoms with Crippen LogP contribution in [0.3, 0.4) is 0 Å². The minimum atomic E-state index is -1.03. The van der Waals surface area contributed by atoms with Crippen molar-refractivity contribution in [3.8, 4) is 17.0 Å². The maximum Gasteiger partial charge on any atom is 0.305 e. The maximum absolute atomic E-state index is 13.1. The van der Waals surface area contributed by atoms with Gasteiger partial charge in [0.05, 0.1) is 24.9 Å². The molecule has 1 saturated heterocycles.